The van der Waals surface area contributed by atoms with Gasteiger partial charge in [0.05, 0.1) is 19.2 Å². The van der Waals surface area contributed by atoms with Crippen LogP contribution in [0.3, 0.4) is 0 Å². The van der Waals surface area contributed by atoms with Crippen molar-refractivity contribution in [2.75, 3.05) is 20.7 Å². The van der Waals surface area contributed by atoms with Gasteiger partial charge in [0, 0.05) is 6.54 Å². The number of carboxylic acids is 1. The summed E-state index contributed by atoms with van der Waals surface area (Å²) in [6, 6.07) is 5.58. The summed E-state index contributed by atoms with van der Waals surface area (Å²) >= 11 is 0. The minimum atomic E-state index is -1.23. The maximum absolute atomic E-state index is 12.4. The molecule has 3 N–H and O–H groups in total. The first-order valence-corrected chi connectivity index (χ1v) is 6.82. The van der Waals surface area contributed by atoms with Crippen molar-refractivity contribution in [1.29, 1.82) is 0 Å². The van der Waals surface area contributed by atoms with E-state index in [0.29, 0.717) is 17.7 Å². The van der Waals surface area contributed by atoms with Gasteiger partial charge in [0.1, 0.15) is 11.7 Å². The smallest absolute Gasteiger partial charge is 0.316 e. The van der Waals surface area contributed by atoms with E-state index < -0.39 is 17.9 Å². The number of ether oxygens (including phenoxy) is 1. The largest absolute Gasteiger partial charge is 0.497 e. The Labute approximate surface area is 123 Å². The van der Waals surface area contributed by atoms with Crippen LogP contribution in [0.1, 0.15) is 18.0 Å². The number of carboxylic acid groups (broad SMARTS) is 1. The van der Waals surface area contributed by atoms with Gasteiger partial charge in [-0.25, -0.2) is 0 Å². The summed E-state index contributed by atoms with van der Waals surface area (Å²) in [5.74, 6) is -2.07. The average Bonchev–Trinajstić information content (AvgIpc) is 2.45. The first kappa shape index (κ1) is 15.5. The van der Waals surface area contributed by atoms with Crippen molar-refractivity contribution < 1.29 is 19.4 Å². The highest BCUT2D eigenvalue weighted by molar-refractivity contribution is 6.02. The molecule has 0 radical (unpaired) electrons. The standard InChI is InChI=1S/C15H20N2O4/c1-17-8-7-11(17)14(18)12(15(19)20)13(16)9-3-5-10(21-2)6-4-9/h3-6,11-13H,7-8,16H2,1-2H3,(H,19,20). The second-order valence-electron chi connectivity index (χ2n) is 5.30. The van der Waals surface area contributed by atoms with Crippen LogP contribution in [0.4, 0.5) is 0 Å². The van der Waals surface area contributed by atoms with Crippen molar-refractivity contribution in [3.8, 4) is 5.75 Å². The summed E-state index contributed by atoms with van der Waals surface area (Å²) in [4.78, 5) is 25.7. The van der Waals surface area contributed by atoms with E-state index >= 15 is 0 Å². The van der Waals surface area contributed by atoms with Crippen LogP contribution in [-0.4, -0.2) is 48.5 Å². The molecule has 6 heteroatoms. The lowest BCUT2D eigenvalue weighted by molar-refractivity contribution is -0.150. The van der Waals surface area contributed by atoms with Gasteiger partial charge in [0.25, 0.3) is 0 Å². The molecule has 6 nitrogen and oxygen atoms in total. The number of hydrogen-bond donors (Lipinski definition) is 2. The average molecular weight is 292 g/mol. The number of ketones is 1. The number of rotatable bonds is 6. The number of likely N-dealkylation sites (N-methyl/N-ethyl adjacent to an activating group) is 1. The van der Waals surface area contributed by atoms with Crippen molar-refractivity contribution in [2.45, 2.75) is 18.5 Å². The first-order chi connectivity index (χ1) is 9.95. The van der Waals surface area contributed by atoms with Gasteiger partial charge in [0.2, 0.25) is 0 Å². The van der Waals surface area contributed by atoms with E-state index in [9.17, 15) is 14.7 Å². The van der Waals surface area contributed by atoms with Crippen LogP contribution in [0, 0.1) is 5.92 Å². The molecule has 1 aromatic carbocycles. The third kappa shape index (κ3) is 3.06. The van der Waals surface area contributed by atoms with Crippen LogP contribution in [-0.2, 0) is 9.59 Å². The van der Waals surface area contributed by atoms with Crippen LogP contribution < -0.4 is 10.5 Å². The summed E-state index contributed by atoms with van der Waals surface area (Å²) in [6.45, 7) is 0.806. The molecule has 0 aromatic heterocycles. The Hall–Kier alpha value is -1.92. The molecule has 1 aliphatic rings. The number of likely N-dealkylation sites (tertiary alicyclic amines) is 1. The number of aliphatic carboxylic acids is 1. The van der Waals surface area contributed by atoms with Gasteiger partial charge in [-0.2, -0.15) is 0 Å². The fourth-order valence-electron chi connectivity index (χ4n) is 2.55. The number of carbonyl (C=O) groups excluding carboxylic acids is 1. The van der Waals surface area contributed by atoms with E-state index in [1.54, 1.807) is 31.4 Å². The lowest BCUT2D eigenvalue weighted by Crippen LogP contribution is -2.54. The molecule has 3 unspecified atom stereocenters. The molecular weight excluding hydrogens is 272 g/mol. The highest BCUT2D eigenvalue weighted by atomic mass is 16.5. The van der Waals surface area contributed by atoms with Crippen LogP contribution in [0.15, 0.2) is 24.3 Å². The van der Waals surface area contributed by atoms with Crippen molar-refractivity contribution >= 4 is 11.8 Å². The number of methoxy groups -OCH3 is 1. The molecule has 0 amide bonds. The number of Topliss-reactive ketones (excluding diaryl/α,β-unsaturated/α-hetero) is 1. The van der Waals surface area contributed by atoms with Crippen molar-refractivity contribution in [2.24, 2.45) is 11.7 Å². The fraction of sp³-hybridized carbons (Fsp3) is 0.467. The van der Waals surface area contributed by atoms with E-state index in [4.69, 9.17) is 10.5 Å². The van der Waals surface area contributed by atoms with E-state index in [-0.39, 0.29) is 11.8 Å². The Morgan fingerprint density at radius 2 is 2.00 bits per heavy atom. The summed E-state index contributed by atoms with van der Waals surface area (Å²) in [7, 11) is 3.36. The molecule has 3 atom stereocenters. The normalized spacial score (nSPS) is 21.2. The molecule has 1 aromatic rings. The number of nitrogens with two attached hydrogens (primary N) is 1. The Kier molecular flexibility index (Phi) is 4.59. The molecule has 1 fully saturated rings. The maximum atomic E-state index is 12.4. The summed E-state index contributed by atoms with van der Waals surface area (Å²) in [5.41, 5.74) is 6.64. The highest BCUT2D eigenvalue weighted by Gasteiger charge is 2.42. The number of carbonyl (C=O) groups is 2. The minimum Gasteiger partial charge on any atom is -0.497 e. The van der Waals surface area contributed by atoms with Crippen LogP contribution in [0.5, 0.6) is 5.75 Å². The van der Waals surface area contributed by atoms with Crippen LogP contribution in [0.25, 0.3) is 0 Å². The molecule has 1 heterocycles. The summed E-state index contributed by atoms with van der Waals surface area (Å²) in [6.07, 6.45) is 0.689. The molecule has 0 bridgehead atoms. The zero-order valence-corrected chi connectivity index (χ0v) is 12.2. The summed E-state index contributed by atoms with van der Waals surface area (Å²) in [5, 5.41) is 9.39. The number of benzene rings is 1. The highest BCUT2D eigenvalue weighted by Crippen LogP contribution is 2.28. The lowest BCUT2D eigenvalue weighted by Gasteiger charge is -2.38. The molecule has 2 rings (SSSR count). The molecule has 0 aliphatic carbocycles. The van der Waals surface area contributed by atoms with E-state index in [1.807, 2.05) is 11.9 Å². The molecule has 0 spiro atoms. The van der Waals surface area contributed by atoms with E-state index in [2.05, 4.69) is 0 Å². The Morgan fingerprint density at radius 1 is 1.38 bits per heavy atom. The summed E-state index contributed by atoms with van der Waals surface area (Å²) < 4.78 is 5.05. The molecule has 0 saturated carbocycles. The third-order valence-corrected chi connectivity index (χ3v) is 4.05. The van der Waals surface area contributed by atoms with E-state index in [0.717, 1.165) is 6.54 Å². The molecule has 1 saturated heterocycles. The predicted molar refractivity (Wildman–Crippen MR) is 77.1 cm³/mol. The van der Waals surface area contributed by atoms with E-state index in [1.165, 1.54) is 0 Å². The zero-order chi connectivity index (χ0) is 15.6. The Morgan fingerprint density at radius 3 is 2.38 bits per heavy atom. The van der Waals surface area contributed by atoms with Gasteiger partial charge < -0.3 is 15.6 Å². The SMILES string of the molecule is COc1ccc(C(N)C(C(=O)O)C(=O)C2CCN2C)cc1. The van der Waals surface area contributed by atoms with Crippen LogP contribution in [0.2, 0.25) is 0 Å². The molecule has 21 heavy (non-hydrogen) atoms. The monoisotopic (exact) mass is 292 g/mol. The second-order valence-corrected chi connectivity index (χ2v) is 5.30. The molecule has 114 valence electrons. The third-order valence-electron chi connectivity index (χ3n) is 4.05. The van der Waals surface area contributed by atoms with Crippen molar-refractivity contribution in [3.05, 3.63) is 29.8 Å². The number of nitrogens with zero attached hydrogens (tertiary/aromatic N) is 1. The van der Waals surface area contributed by atoms with Gasteiger partial charge in [-0.05, 0) is 31.2 Å². The Bertz CT molecular complexity index is 529. The topological polar surface area (TPSA) is 92.9 Å². The molecular formula is C15H20N2O4. The maximum Gasteiger partial charge on any atom is 0.316 e. The Balaban J connectivity index is 2.20. The number of hydrogen-bond acceptors (Lipinski definition) is 5. The second kappa shape index (κ2) is 6.24. The first-order valence-electron chi connectivity index (χ1n) is 6.82. The van der Waals surface area contributed by atoms with Gasteiger partial charge >= 0.3 is 5.97 Å². The quantitative estimate of drug-likeness (QED) is 0.749. The minimum absolute atomic E-state index is 0.320. The lowest BCUT2D eigenvalue weighted by atomic mass is 9.83. The molecule has 1 aliphatic heterocycles. The van der Waals surface area contributed by atoms with Crippen molar-refractivity contribution in [1.82, 2.24) is 4.90 Å². The van der Waals surface area contributed by atoms with Gasteiger partial charge in [-0.15, -0.1) is 0 Å². The van der Waals surface area contributed by atoms with Crippen molar-refractivity contribution in [3.63, 3.8) is 0 Å². The van der Waals surface area contributed by atoms with Gasteiger partial charge in [-0.3, -0.25) is 14.5 Å². The zero-order valence-electron chi connectivity index (χ0n) is 12.2. The van der Waals surface area contributed by atoms with Gasteiger partial charge in [-0.1, -0.05) is 12.1 Å². The van der Waals surface area contributed by atoms with Crippen LogP contribution >= 0.6 is 0 Å². The predicted octanol–water partition coefficient (Wildman–Crippen LogP) is 0.669. The fourth-order valence-corrected chi connectivity index (χ4v) is 2.55. The van der Waals surface area contributed by atoms with Gasteiger partial charge in [0.15, 0.2) is 5.78 Å².